The summed E-state index contributed by atoms with van der Waals surface area (Å²) in [7, 11) is 0. The molecule has 0 atom stereocenters. The molecule has 0 saturated heterocycles. The van der Waals surface area contributed by atoms with Gasteiger partial charge in [-0.1, -0.05) is 72.8 Å². The fourth-order valence-corrected chi connectivity index (χ4v) is 2.69. The predicted octanol–water partition coefficient (Wildman–Crippen LogP) is 5.70. The van der Waals surface area contributed by atoms with Crippen LogP contribution in [0.2, 0.25) is 0 Å². The molecule has 118 valence electrons. The normalized spacial score (nSPS) is 12.7. The number of hydrogen-bond acceptors (Lipinski definition) is 2. The highest BCUT2D eigenvalue weighted by Crippen LogP contribution is 2.32. The molecular weight excluding hydrogens is 316 g/mol. The molecule has 3 heteroatoms. The lowest BCUT2D eigenvalue weighted by atomic mass is 10.1. The third-order valence-electron chi connectivity index (χ3n) is 3.85. The van der Waals surface area contributed by atoms with Gasteiger partial charge in [0, 0.05) is 11.3 Å². The number of allylic oxidation sites excluding steroid dienone is 1. The second-order valence-corrected chi connectivity index (χ2v) is 5.43. The van der Waals surface area contributed by atoms with Gasteiger partial charge in [-0.2, -0.15) is 0 Å². The molecule has 0 spiro atoms. The molecule has 24 heavy (non-hydrogen) atoms. The van der Waals surface area contributed by atoms with E-state index in [4.69, 9.17) is 4.99 Å². The first kappa shape index (κ1) is 16.0. The number of rotatable bonds is 2. The molecule has 1 heterocycles. The van der Waals surface area contributed by atoms with Gasteiger partial charge in [-0.25, -0.2) is 4.99 Å². The Kier molecular flexibility index (Phi) is 4.78. The number of halogens is 1. The van der Waals surface area contributed by atoms with Gasteiger partial charge in [-0.05, 0) is 23.8 Å². The maximum Gasteiger partial charge on any atom is 0.0871 e. The minimum atomic E-state index is 0. The summed E-state index contributed by atoms with van der Waals surface area (Å²) in [6.07, 6.45) is 2.12. The zero-order valence-corrected chi connectivity index (χ0v) is 13.8. The Morgan fingerprint density at radius 3 is 1.92 bits per heavy atom. The lowest BCUT2D eigenvalue weighted by Crippen LogP contribution is -2.01. The Balaban J connectivity index is 0.00000169. The molecule has 1 N–H and O–H groups in total. The molecule has 0 fully saturated rings. The molecule has 0 unspecified atom stereocenters. The molecule has 0 amide bonds. The highest BCUT2D eigenvalue weighted by atomic mass is 35.5. The van der Waals surface area contributed by atoms with Crippen molar-refractivity contribution >= 4 is 35.2 Å². The van der Waals surface area contributed by atoms with Crippen LogP contribution in [0.15, 0.2) is 96.0 Å². The van der Waals surface area contributed by atoms with Crippen LogP contribution in [-0.4, -0.2) is 5.71 Å². The molecule has 3 aromatic carbocycles. The molecule has 0 aliphatic carbocycles. The summed E-state index contributed by atoms with van der Waals surface area (Å²) in [5, 5.41) is 3.52. The maximum absolute atomic E-state index is 4.86. The zero-order chi connectivity index (χ0) is 15.5. The van der Waals surface area contributed by atoms with Crippen LogP contribution in [0.4, 0.5) is 11.4 Å². The summed E-state index contributed by atoms with van der Waals surface area (Å²) in [5.74, 6) is 0. The van der Waals surface area contributed by atoms with Crippen molar-refractivity contribution in [2.45, 2.75) is 0 Å². The van der Waals surface area contributed by atoms with Crippen molar-refractivity contribution in [3.05, 3.63) is 102 Å². The monoisotopic (exact) mass is 332 g/mol. The van der Waals surface area contributed by atoms with Crippen LogP contribution in [0, 0.1) is 0 Å². The summed E-state index contributed by atoms with van der Waals surface area (Å²) in [5.41, 5.74) is 6.24. The SMILES string of the molecule is C1=C(c2ccccc2)Nc2ccccc2N=C1c1ccccc1.Cl. The first-order chi connectivity index (χ1) is 11.4. The van der Waals surface area contributed by atoms with Gasteiger partial charge in [-0.3, -0.25) is 0 Å². The van der Waals surface area contributed by atoms with Gasteiger partial charge in [0.25, 0.3) is 0 Å². The molecule has 1 aliphatic rings. The maximum atomic E-state index is 4.86. The van der Waals surface area contributed by atoms with E-state index in [1.807, 2.05) is 54.6 Å². The molecule has 3 aromatic rings. The van der Waals surface area contributed by atoms with Crippen molar-refractivity contribution < 1.29 is 0 Å². The molecule has 0 saturated carbocycles. The van der Waals surface area contributed by atoms with Crippen LogP contribution in [0.1, 0.15) is 11.1 Å². The number of nitrogens with one attached hydrogen (secondary N) is 1. The standard InChI is InChI=1S/C21H16N2.ClH/c1-3-9-16(10-4-1)20-15-21(17-11-5-2-6-12-17)23-19-14-8-7-13-18(19)22-20;/h1-15,22H;1H. The molecule has 1 aliphatic heterocycles. The minimum absolute atomic E-state index is 0. The van der Waals surface area contributed by atoms with E-state index in [9.17, 15) is 0 Å². The molecular formula is C21H17ClN2. The van der Waals surface area contributed by atoms with E-state index in [-0.39, 0.29) is 12.4 Å². The summed E-state index contributed by atoms with van der Waals surface area (Å²) < 4.78 is 0. The highest BCUT2D eigenvalue weighted by molar-refractivity contribution is 6.15. The summed E-state index contributed by atoms with van der Waals surface area (Å²) >= 11 is 0. The quantitative estimate of drug-likeness (QED) is 0.640. The highest BCUT2D eigenvalue weighted by Gasteiger charge is 2.12. The Bertz CT molecular complexity index is 884. The topological polar surface area (TPSA) is 24.4 Å². The summed E-state index contributed by atoms with van der Waals surface area (Å²) in [4.78, 5) is 4.86. The van der Waals surface area contributed by atoms with Gasteiger partial charge in [0.15, 0.2) is 0 Å². The number of anilines is 1. The van der Waals surface area contributed by atoms with Crippen molar-refractivity contribution in [3.8, 4) is 0 Å². The Morgan fingerprint density at radius 2 is 1.21 bits per heavy atom. The zero-order valence-electron chi connectivity index (χ0n) is 13.0. The third kappa shape index (κ3) is 3.24. The van der Waals surface area contributed by atoms with Gasteiger partial charge >= 0.3 is 0 Å². The van der Waals surface area contributed by atoms with Crippen LogP contribution in [0.5, 0.6) is 0 Å². The van der Waals surface area contributed by atoms with E-state index in [0.717, 1.165) is 33.9 Å². The van der Waals surface area contributed by atoms with Crippen molar-refractivity contribution in [2.24, 2.45) is 4.99 Å². The number of fused-ring (bicyclic) bond motifs is 1. The first-order valence-electron chi connectivity index (χ1n) is 7.67. The van der Waals surface area contributed by atoms with E-state index < -0.39 is 0 Å². The van der Waals surface area contributed by atoms with Gasteiger partial charge in [0.2, 0.25) is 0 Å². The van der Waals surface area contributed by atoms with Gasteiger partial charge in [0.05, 0.1) is 17.1 Å². The number of para-hydroxylation sites is 2. The van der Waals surface area contributed by atoms with Crippen molar-refractivity contribution in [2.75, 3.05) is 5.32 Å². The van der Waals surface area contributed by atoms with Crippen LogP contribution < -0.4 is 5.32 Å². The van der Waals surface area contributed by atoms with Crippen LogP contribution in [-0.2, 0) is 0 Å². The van der Waals surface area contributed by atoms with Gasteiger partial charge < -0.3 is 5.32 Å². The van der Waals surface area contributed by atoms with E-state index >= 15 is 0 Å². The largest absolute Gasteiger partial charge is 0.353 e. The molecule has 2 nitrogen and oxygen atoms in total. The average molecular weight is 333 g/mol. The van der Waals surface area contributed by atoms with Crippen molar-refractivity contribution in [1.82, 2.24) is 0 Å². The van der Waals surface area contributed by atoms with Crippen LogP contribution in [0.3, 0.4) is 0 Å². The van der Waals surface area contributed by atoms with Crippen LogP contribution >= 0.6 is 12.4 Å². The fraction of sp³-hybridized carbons (Fsp3) is 0. The van der Waals surface area contributed by atoms with Crippen LogP contribution in [0.25, 0.3) is 5.70 Å². The van der Waals surface area contributed by atoms with Crippen molar-refractivity contribution in [3.63, 3.8) is 0 Å². The van der Waals surface area contributed by atoms with E-state index in [0.29, 0.717) is 0 Å². The average Bonchev–Trinajstić information content (AvgIpc) is 2.83. The second-order valence-electron chi connectivity index (χ2n) is 5.43. The number of aliphatic imine (C=N–C) groups is 1. The van der Waals surface area contributed by atoms with E-state index in [1.165, 1.54) is 0 Å². The lowest BCUT2D eigenvalue weighted by molar-refractivity contribution is 1.49. The summed E-state index contributed by atoms with van der Waals surface area (Å²) in [6, 6.07) is 28.8. The Hall–Kier alpha value is -2.84. The molecule has 0 radical (unpaired) electrons. The lowest BCUT2D eigenvalue weighted by Gasteiger charge is -2.10. The van der Waals surface area contributed by atoms with E-state index in [1.54, 1.807) is 0 Å². The predicted molar refractivity (Wildman–Crippen MR) is 104 cm³/mol. The molecule has 0 bridgehead atoms. The van der Waals surface area contributed by atoms with E-state index in [2.05, 4.69) is 41.7 Å². The third-order valence-corrected chi connectivity index (χ3v) is 3.85. The first-order valence-corrected chi connectivity index (χ1v) is 7.67. The van der Waals surface area contributed by atoms with Crippen molar-refractivity contribution in [1.29, 1.82) is 0 Å². The Labute approximate surface area is 148 Å². The molecule has 0 aromatic heterocycles. The number of benzene rings is 3. The summed E-state index contributed by atoms with van der Waals surface area (Å²) in [6.45, 7) is 0. The number of nitrogens with zero attached hydrogens (tertiary/aromatic N) is 1. The smallest absolute Gasteiger partial charge is 0.0871 e. The number of hydrogen-bond donors (Lipinski definition) is 1. The van der Waals surface area contributed by atoms with Gasteiger partial charge in [-0.15, -0.1) is 12.4 Å². The minimum Gasteiger partial charge on any atom is -0.353 e. The molecule has 4 rings (SSSR count). The van der Waals surface area contributed by atoms with Gasteiger partial charge in [0.1, 0.15) is 0 Å². The fourth-order valence-electron chi connectivity index (χ4n) is 2.69. The Morgan fingerprint density at radius 1 is 0.625 bits per heavy atom. The second kappa shape index (κ2) is 7.16.